The number of rotatable bonds is 9. The highest BCUT2D eigenvalue weighted by Gasteiger charge is 1.97. The lowest BCUT2D eigenvalue weighted by atomic mass is 10.1. The lowest BCUT2D eigenvalue weighted by Crippen LogP contribution is -2.33. The highest BCUT2D eigenvalue weighted by atomic mass is 127. The minimum absolute atomic E-state index is 0. The van der Waals surface area contributed by atoms with Gasteiger partial charge in [0.15, 0.2) is 5.96 Å². The number of aliphatic imine (C=N–C) groups is 1. The zero-order chi connectivity index (χ0) is 15.5. The van der Waals surface area contributed by atoms with Gasteiger partial charge in [-0.15, -0.1) is 24.0 Å². The van der Waals surface area contributed by atoms with Gasteiger partial charge in [-0.2, -0.15) is 0 Å². The summed E-state index contributed by atoms with van der Waals surface area (Å²) in [6.45, 7) is 6.10. The summed E-state index contributed by atoms with van der Waals surface area (Å²) in [7, 11) is 1.69. The maximum atomic E-state index is 5.81. The van der Waals surface area contributed by atoms with Crippen molar-refractivity contribution in [1.29, 1.82) is 0 Å². The van der Waals surface area contributed by atoms with E-state index in [2.05, 4.69) is 36.3 Å². The van der Waals surface area contributed by atoms with Crippen LogP contribution < -0.4 is 15.8 Å². The summed E-state index contributed by atoms with van der Waals surface area (Å²) in [5.41, 5.74) is 7.15. The SMILES string of the molecule is COc1ccc(CCCCN=C(N)NCCC(C)C)cc1.I. The highest BCUT2D eigenvalue weighted by molar-refractivity contribution is 14.0. The van der Waals surface area contributed by atoms with Crippen molar-refractivity contribution in [3.05, 3.63) is 29.8 Å². The van der Waals surface area contributed by atoms with Gasteiger partial charge in [-0.1, -0.05) is 26.0 Å². The maximum absolute atomic E-state index is 5.81. The van der Waals surface area contributed by atoms with Crippen LogP contribution in [0.5, 0.6) is 5.75 Å². The van der Waals surface area contributed by atoms with E-state index in [1.165, 1.54) is 5.56 Å². The van der Waals surface area contributed by atoms with Crippen LogP contribution in [0.1, 0.15) is 38.7 Å². The van der Waals surface area contributed by atoms with Crippen molar-refractivity contribution in [2.75, 3.05) is 20.2 Å². The van der Waals surface area contributed by atoms with Crippen molar-refractivity contribution >= 4 is 29.9 Å². The third-order valence-electron chi connectivity index (χ3n) is 3.34. The van der Waals surface area contributed by atoms with Crippen LogP contribution in [-0.4, -0.2) is 26.2 Å². The molecule has 1 aromatic carbocycles. The Morgan fingerprint density at radius 3 is 2.50 bits per heavy atom. The monoisotopic (exact) mass is 419 g/mol. The van der Waals surface area contributed by atoms with E-state index in [9.17, 15) is 0 Å². The number of aryl methyl sites for hydroxylation is 1. The van der Waals surface area contributed by atoms with Crippen molar-refractivity contribution in [2.45, 2.75) is 39.5 Å². The molecule has 0 radical (unpaired) electrons. The first-order valence-corrected chi connectivity index (χ1v) is 7.78. The van der Waals surface area contributed by atoms with Gasteiger partial charge in [-0.25, -0.2) is 0 Å². The second-order valence-corrected chi connectivity index (χ2v) is 5.68. The molecule has 1 rings (SSSR count). The molecule has 0 atom stereocenters. The number of benzene rings is 1. The van der Waals surface area contributed by atoms with Crippen LogP contribution in [0.15, 0.2) is 29.3 Å². The first-order chi connectivity index (χ1) is 10.1. The molecule has 0 saturated heterocycles. The van der Waals surface area contributed by atoms with Crippen molar-refractivity contribution in [3.63, 3.8) is 0 Å². The highest BCUT2D eigenvalue weighted by Crippen LogP contribution is 2.13. The Morgan fingerprint density at radius 2 is 1.91 bits per heavy atom. The molecule has 126 valence electrons. The van der Waals surface area contributed by atoms with Crippen LogP contribution in [0.25, 0.3) is 0 Å². The molecule has 5 heteroatoms. The Balaban J connectivity index is 0.00000441. The van der Waals surface area contributed by atoms with Crippen molar-refractivity contribution < 1.29 is 4.74 Å². The van der Waals surface area contributed by atoms with E-state index in [0.29, 0.717) is 11.9 Å². The largest absolute Gasteiger partial charge is 0.497 e. The van der Waals surface area contributed by atoms with Crippen molar-refractivity contribution in [3.8, 4) is 5.75 Å². The molecule has 1 aromatic rings. The number of unbranched alkanes of at least 4 members (excludes halogenated alkanes) is 1. The fraction of sp³-hybridized carbons (Fsp3) is 0.588. The Hall–Kier alpha value is -0.980. The molecule has 0 fully saturated rings. The third kappa shape index (κ3) is 9.87. The molecule has 0 aromatic heterocycles. The molecule has 0 unspecified atom stereocenters. The Kier molecular flexibility index (Phi) is 12.0. The average Bonchev–Trinajstić information content (AvgIpc) is 2.47. The van der Waals surface area contributed by atoms with Crippen LogP contribution in [0.4, 0.5) is 0 Å². The predicted octanol–water partition coefficient (Wildman–Crippen LogP) is 3.59. The molecule has 22 heavy (non-hydrogen) atoms. The molecule has 0 aliphatic heterocycles. The standard InChI is InChI=1S/C17H29N3O.HI/c1-14(2)11-13-20-17(18)19-12-5-4-6-15-7-9-16(21-3)10-8-15;/h7-10,14H,4-6,11-13H2,1-3H3,(H3,18,19,20);1H. The van der Waals surface area contributed by atoms with E-state index >= 15 is 0 Å². The summed E-state index contributed by atoms with van der Waals surface area (Å²) in [6, 6.07) is 8.24. The van der Waals surface area contributed by atoms with Crippen LogP contribution in [0, 0.1) is 5.92 Å². The topological polar surface area (TPSA) is 59.6 Å². The Labute approximate surface area is 151 Å². The molecule has 0 aliphatic carbocycles. The summed E-state index contributed by atoms with van der Waals surface area (Å²) in [4.78, 5) is 4.34. The lowest BCUT2D eigenvalue weighted by molar-refractivity contribution is 0.414. The van der Waals surface area contributed by atoms with Crippen LogP contribution in [0.3, 0.4) is 0 Å². The quantitative estimate of drug-likeness (QED) is 0.278. The van der Waals surface area contributed by atoms with Gasteiger partial charge in [-0.05, 0) is 49.3 Å². The smallest absolute Gasteiger partial charge is 0.188 e. The number of hydrogen-bond acceptors (Lipinski definition) is 2. The summed E-state index contributed by atoms with van der Waals surface area (Å²) < 4.78 is 5.15. The molecule has 4 nitrogen and oxygen atoms in total. The van der Waals surface area contributed by atoms with Gasteiger partial charge in [0.2, 0.25) is 0 Å². The average molecular weight is 419 g/mol. The number of nitrogens with one attached hydrogen (secondary N) is 1. The second-order valence-electron chi connectivity index (χ2n) is 5.68. The number of hydrogen-bond donors (Lipinski definition) is 2. The summed E-state index contributed by atoms with van der Waals surface area (Å²) >= 11 is 0. The van der Waals surface area contributed by atoms with Crippen LogP contribution >= 0.6 is 24.0 Å². The van der Waals surface area contributed by atoms with Crippen LogP contribution in [-0.2, 0) is 6.42 Å². The summed E-state index contributed by atoms with van der Waals surface area (Å²) in [5.74, 6) is 2.17. The van der Waals surface area contributed by atoms with Gasteiger partial charge in [0.1, 0.15) is 5.75 Å². The fourth-order valence-corrected chi connectivity index (χ4v) is 1.98. The predicted molar refractivity (Wildman–Crippen MR) is 105 cm³/mol. The van der Waals surface area contributed by atoms with Gasteiger partial charge in [0.25, 0.3) is 0 Å². The maximum Gasteiger partial charge on any atom is 0.188 e. The molecule has 0 spiro atoms. The number of nitrogens with two attached hydrogens (primary N) is 1. The number of guanidine groups is 1. The molecule has 0 bridgehead atoms. The van der Waals surface area contributed by atoms with Gasteiger partial charge >= 0.3 is 0 Å². The van der Waals surface area contributed by atoms with Crippen molar-refractivity contribution in [1.82, 2.24) is 5.32 Å². The zero-order valence-electron chi connectivity index (χ0n) is 14.0. The van der Waals surface area contributed by atoms with E-state index in [1.54, 1.807) is 7.11 Å². The van der Waals surface area contributed by atoms with Gasteiger partial charge < -0.3 is 15.8 Å². The van der Waals surface area contributed by atoms with E-state index in [4.69, 9.17) is 10.5 Å². The minimum Gasteiger partial charge on any atom is -0.497 e. The van der Waals surface area contributed by atoms with E-state index < -0.39 is 0 Å². The van der Waals surface area contributed by atoms with E-state index in [-0.39, 0.29) is 24.0 Å². The van der Waals surface area contributed by atoms with Crippen molar-refractivity contribution in [2.24, 2.45) is 16.6 Å². The Bertz CT molecular complexity index is 418. The molecule has 0 heterocycles. The first-order valence-electron chi connectivity index (χ1n) is 7.78. The number of methoxy groups -OCH3 is 1. The first kappa shape index (κ1) is 21.0. The third-order valence-corrected chi connectivity index (χ3v) is 3.34. The van der Waals surface area contributed by atoms with E-state index in [1.807, 2.05) is 12.1 Å². The number of halogens is 1. The number of nitrogens with zero attached hydrogens (tertiary/aromatic N) is 1. The molecular weight excluding hydrogens is 389 g/mol. The zero-order valence-corrected chi connectivity index (χ0v) is 16.3. The molecule has 0 amide bonds. The molecule has 0 aliphatic rings. The number of ether oxygens (including phenoxy) is 1. The fourth-order valence-electron chi connectivity index (χ4n) is 1.98. The summed E-state index contributed by atoms with van der Waals surface area (Å²) in [6.07, 6.45) is 4.36. The van der Waals surface area contributed by atoms with E-state index in [0.717, 1.165) is 44.5 Å². The van der Waals surface area contributed by atoms with Crippen LogP contribution in [0.2, 0.25) is 0 Å². The molecular formula is C17H30IN3O. The minimum atomic E-state index is 0. The Morgan fingerprint density at radius 1 is 1.23 bits per heavy atom. The second kappa shape index (κ2) is 12.6. The van der Waals surface area contributed by atoms with Gasteiger partial charge in [0, 0.05) is 13.1 Å². The lowest BCUT2D eigenvalue weighted by Gasteiger charge is -2.07. The molecule has 3 N–H and O–H groups in total. The van der Waals surface area contributed by atoms with Gasteiger partial charge in [-0.3, -0.25) is 4.99 Å². The normalized spacial score (nSPS) is 11.2. The molecule has 0 saturated carbocycles. The summed E-state index contributed by atoms with van der Waals surface area (Å²) in [5, 5.41) is 3.15. The van der Waals surface area contributed by atoms with Gasteiger partial charge in [0.05, 0.1) is 7.11 Å².